The van der Waals surface area contributed by atoms with Crippen LogP contribution < -0.4 is 5.32 Å². The van der Waals surface area contributed by atoms with Crippen LogP contribution in [0.25, 0.3) is 0 Å². The van der Waals surface area contributed by atoms with Crippen molar-refractivity contribution >= 4 is 34.0 Å². The zero-order valence-electron chi connectivity index (χ0n) is 16.6. The van der Waals surface area contributed by atoms with Crippen LogP contribution in [0.3, 0.4) is 0 Å². The number of carbonyl (C=O) groups is 1. The van der Waals surface area contributed by atoms with Crippen molar-refractivity contribution in [3.8, 4) is 0 Å². The Labute approximate surface area is 181 Å². The topological polar surface area (TPSA) is 42.0 Å². The average Bonchev–Trinajstić information content (AvgIpc) is 3.05. The largest absolute Gasteiger partial charge is 0.417 e. The van der Waals surface area contributed by atoms with E-state index in [2.05, 4.69) is 10.3 Å². The van der Waals surface area contributed by atoms with Gasteiger partial charge in [0.05, 0.1) is 16.8 Å². The van der Waals surface area contributed by atoms with Crippen LogP contribution in [-0.2, 0) is 18.0 Å². The summed E-state index contributed by atoms with van der Waals surface area (Å²) in [6.45, 7) is 5.99. The molecule has 1 heterocycles. The first-order valence-electron chi connectivity index (χ1n) is 9.17. The van der Waals surface area contributed by atoms with Crippen molar-refractivity contribution in [1.29, 1.82) is 0 Å². The van der Waals surface area contributed by atoms with Gasteiger partial charge in [0.2, 0.25) is 0 Å². The lowest BCUT2D eigenvalue weighted by Crippen LogP contribution is -2.19. The normalized spacial score (nSPS) is 12.1. The summed E-state index contributed by atoms with van der Waals surface area (Å²) in [6.07, 6.45) is -4.04. The van der Waals surface area contributed by atoms with E-state index in [0.717, 1.165) is 28.3 Å². The fraction of sp³-hybridized carbons (Fsp3) is 0.273. The van der Waals surface area contributed by atoms with Crippen molar-refractivity contribution in [3.63, 3.8) is 0 Å². The molecule has 8 heteroatoms. The van der Waals surface area contributed by atoms with E-state index in [1.54, 1.807) is 12.1 Å². The predicted octanol–water partition coefficient (Wildman–Crippen LogP) is 6.96. The zero-order chi connectivity index (χ0) is 22.1. The molecule has 0 saturated carbocycles. The molecule has 3 nitrogen and oxygen atoms in total. The number of halogens is 4. The molecule has 0 radical (unpaired) electrons. The first-order chi connectivity index (χ1) is 13.9. The van der Waals surface area contributed by atoms with Crippen LogP contribution >= 0.6 is 22.9 Å². The van der Waals surface area contributed by atoms with Crippen molar-refractivity contribution < 1.29 is 18.0 Å². The number of hydrogen-bond donors (Lipinski definition) is 1. The van der Waals surface area contributed by atoms with Crippen molar-refractivity contribution in [2.75, 3.05) is 5.32 Å². The number of hydrogen-bond acceptors (Lipinski definition) is 3. The Kier molecular flexibility index (Phi) is 6.24. The number of anilines is 1. The van der Waals surface area contributed by atoms with Gasteiger partial charge in [-0.25, -0.2) is 4.98 Å². The molecule has 158 valence electrons. The molecule has 3 aromatic rings. The van der Waals surface area contributed by atoms with E-state index in [9.17, 15) is 18.0 Å². The maximum absolute atomic E-state index is 13.2. The molecule has 0 bridgehead atoms. The number of nitrogens with one attached hydrogen (secondary N) is 1. The second-order valence-electron chi connectivity index (χ2n) is 7.84. The number of aromatic nitrogens is 1. The molecule has 0 saturated heterocycles. The molecule has 1 amide bonds. The minimum Gasteiger partial charge on any atom is -0.298 e. The standard InChI is InChI=1S/C22H20ClF3N2OS/c1-21(2,3)18-17(12-13-8-10-14(23)11-9-13)30-20(27-18)28-19(29)15-6-4-5-7-16(15)22(24,25)26/h4-11H,12H2,1-3H3,(H,27,28,29). The van der Waals surface area contributed by atoms with Crippen LogP contribution in [0.5, 0.6) is 0 Å². The molecule has 2 aromatic carbocycles. The first kappa shape index (κ1) is 22.3. The lowest BCUT2D eigenvalue weighted by atomic mass is 9.90. The van der Waals surface area contributed by atoms with Crippen LogP contribution in [0, 0.1) is 0 Å². The van der Waals surface area contributed by atoms with Gasteiger partial charge in [-0.2, -0.15) is 13.2 Å². The summed E-state index contributed by atoms with van der Waals surface area (Å²) in [4.78, 5) is 18.1. The Morgan fingerprint density at radius 2 is 1.70 bits per heavy atom. The van der Waals surface area contributed by atoms with Gasteiger partial charge in [0.1, 0.15) is 0 Å². The highest BCUT2D eigenvalue weighted by atomic mass is 35.5. The lowest BCUT2D eigenvalue weighted by Gasteiger charge is -2.17. The van der Waals surface area contributed by atoms with E-state index in [1.165, 1.54) is 23.5 Å². The number of nitrogens with zero attached hydrogens (tertiary/aromatic N) is 1. The summed E-state index contributed by atoms with van der Waals surface area (Å²) in [5.41, 5.74) is 0.106. The molecule has 0 aliphatic rings. The van der Waals surface area contributed by atoms with Gasteiger partial charge in [0.15, 0.2) is 5.13 Å². The average molecular weight is 453 g/mol. The SMILES string of the molecule is CC(C)(C)c1nc(NC(=O)c2ccccc2C(F)(F)F)sc1Cc1ccc(Cl)cc1. The number of rotatable bonds is 4. The minimum atomic E-state index is -4.62. The molecule has 30 heavy (non-hydrogen) atoms. The van der Waals surface area contributed by atoms with Crippen molar-refractivity contribution in [3.05, 3.63) is 80.8 Å². The van der Waals surface area contributed by atoms with Gasteiger partial charge in [0, 0.05) is 21.7 Å². The van der Waals surface area contributed by atoms with Crippen LogP contribution in [0.2, 0.25) is 5.02 Å². The Bertz CT molecular complexity index is 1050. The molecule has 3 rings (SSSR count). The zero-order valence-corrected chi connectivity index (χ0v) is 18.2. The van der Waals surface area contributed by atoms with Gasteiger partial charge in [0.25, 0.3) is 5.91 Å². The number of thiazole rings is 1. The van der Waals surface area contributed by atoms with Gasteiger partial charge < -0.3 is 0 Å². The van der Waals surface area contributed by atoms with Gasteiger partial charge in [-0.15, -0.1) is 11.3 Å². The van der Waals surface area contributed by atoms with Crippen LogP contribution in [0.4, 0.5) is 18.3 Å². The van der Waals surface area contributed by atoms with Gasteiger partial charge >= 0.3 is 6.18 Å². The Balaban J connectivity index is 1.91. The van der Waals surface area contributed by atoms with Gasteiger partial charge in [-0.3, -0.25) is 10.1 Å². The maximum atomic E-state index is 13.2. The third-order valence-electron chi connectivity index (χ3n) is 4.38. The van der Waals surface area contributed by atoms with Crippen LogP contribution in [0.1, 0.15) is 52.8 Å². The third kappa shape index (κ3) is 5.21. The molecule has 0 aliphatic carbocycles. The highest BCUT2D eigenvalue weighted by molar-refractivity contribution is 7.16. The molecule has 0 spiro atoms. The number of alkyl halides is 3. The van der Waals surface area contributed by atoms with E-state index in [1.807, 2.05) is 32.9 Å². The van der Waals surface area contributed by atoms with E-state index >= 15 is 0 Å². The molecule has 0 unspecified atom stereocenters. The quantitative estimate of drug-likeness (QED) is 0.465. The lowest BCUT2D eigenvalue weighted by molar-refractivity contribution is -0.137. The fourth-order valence-electron chi connectivity index (χ4n) is 2.99. The highest BCUT2D eigenvalue weighted by Crippen LogP contribution is 2.35. The van der Waals surface area contributed by atoms with E-state index < -0.39 is 23.2 Å². The van der Waals surface area contributed by atoms with Gasteiger partial charge in [-0.05, 0) is 29.8 Å². The van der Waals surface area contributed by atoms with E-state index in [4.69, 9.17) is 11.6 Å². The van der Waals surface area contributed by atoms with Crippen molar-refractivity contribution in [2.24, 2.45) is 0 Å². The highest BCUT2D eigenvalue weighted by Gasteiger charge is 2.35. The van der Waals surface area contributed by atoms with Crippen LogP contribution in [-0.4, -0.2) is 10.9 Å². The third-order valence-corrected chi connectivity index (χ3v) is 5.61. The monoisotopic (exact) mass is 452 g/mol. The van der Waals surface area contributed by atoms with Gasteiger partial charge in [-0.1, -0.05) is 56.6 Å². The summed E-state index contributed by atoms with van der Waals surface area (Å²) >= 11 is 7.21. The number of amides is 1. The molecular formula is C22H20ClF3N2OS. The minimum absolute atomic E-state index is 0.269. The Morgan fingerprint density at radius 3 is 2.30 bits per heavy atom. The predicted molar refractivity (Wildman–Crippen MR) is 114 cm³/mol. The maximum Gasteiger partial charge on any atom is 0.417 e. The summed E-state index contributed by atoms with van der Waals surface area (Å²) in [5.74, 6) is -0.838. The van der Waals surface area contributed by atoms with E-state index in [-0.39, 0.29) is 10.5 Å². The summed E-state index contributed by atoms with van der Waals surface area (Å²) in [6, 6.07) is 12.1. The molecule has 1 aromatic heterocycles. The molecule has 1 N–H and O–H groups in total. The summed E-state index contributed by atoms with van der Waals surface area (Å²) < 4.78 is 39.7. The number of carbonyl (C=O) groups excluding carboxylic acids is 1. The first-order valence-corrected chi connectivity index (χ1v) is 10.4. The molecule has 0 atom stereocenters. The second-order valence-corrected chi connectivity index (χ2v) is 9.36. The molecular weight excluding hydrogens is 433 g/mol. The smallest absolute Gasteiger partial charge is 0.298 e. The summed E-state index contributed by atoms with van der Waals surface area (Å²) in [7, 11) is 0. The Hall–Kier alpha value is -2.38. The molecule has 0 aliphatic heterocycles. The second kappa shape index (κ2) is 8.40. The van der Waals surface area contributed by atoms with Crippen LogP contribution in [0.15, 0.2) is 48.5 Å². The van der Waals surface area contributed by atoms with Crippen molar-refractivity contribution in [2.45, 2.75) is 38.8 Å². The fourth-order valence-corrected chi connectivity index (χ4v) is 4.32. The van der Waals surface area contributed by atoms with Crippen molar-refractivity contribution in [1.82, 2.24) is 4.98 Å². The summed E-state index contributed by atoms with van der Waals surface area (Å²) in [5, 5.41) is 3.45. The van der Waals surface area contributed by atoms with E-state index in [0.29, 0.717) is 11.4 Å². The molecule has 0 fully saturated rings. The number of benzene rings is 2. The Morgan fingerprint density at radius 1 is 1.07 bits per heavy atom.